The standard InChI is InChI=1S/C18H17NO2/c1-21-17-10-7-16(8-11-17)9-12-18(20)19-14-13-15-5-3-2-4-6-15/h2-14H,1H3,(H,19,20). The number of rotatable bonds is 5. The lowest BCUT2D eigenvalue weighted by Gasteiger charge is -1.99. The highest BCUT2D eigenvalue weighted by Gasteiger charge is 1.93. The third-order valence-corrected chi connectivity index (χ3v) is 2.84. The topological polar surface area (TPSA) is 38.3 Å². The Morgan fingerprint density at radius 1 is 0.952 bits per heavy atom. The molecule has 2 rings (SSSR count). The van der Waals surface area contributed by atoms with Gasteiger partial charge in [-0.1, -0.05) is 42.5 Å². The lowest BCUT2D eigenvalue weighted by Crippen LogP contribution is -2.12. The molecule has 0 unspecified atom stereocenters. The van der Waals surface area contributed by atoms with Crippen LogP contribution in [0.25, 0.3) is 12.2 Å². The second-order valence-corrected chi connectivity index (χ2v) is 4.36. The summed E-state index contributed by atoms with van der Waals surface area (Å²) >= 11 is 0. The van der Waals surface area contributed by atoms with E-state index < -0.39 is 0 Å². The molecule has 3 nitrogen and oxygen atoms in total. The average molecular weight is 279 g/mol. The maximum atomic E-state index is 11.7. The van der Waals surface area contributed by atoms with Crippen molar-refractivity contribution >= 4 is 18.1 Å². The number of hydrogen-bond acceptors (Lipinski definition) is 2. The Bertz CT molecular complexity index is 628. The molecule has 0 aliphatic heterocycles. The summed E-state index contributed by atoms with van der Waals surface area (Å²) in [4.78, 5) is 11.7. The molecule has 1 amide bonds. The Hall–Kier alpha value is -2.81. The van der Waals surface area contributed by atoms with Gasteiger partial charge in [0.2, 0.25) is 5.91 Å². The summed E-state index contributed by atoms with van der Waals surface area (Å²) in [6, 6.07) is 17.3. The highest BCUT2D eigenvalue weighted by Crippen LogP contribution is 2.12. The zero-order valence-corrected chi connectivity index (χ0v) is 11.8. The first-order valence-electron chi connectivity index (χ1n) is 6.62. The molecule has 106 valence electrons. The van der Waals surface area contributed by atoms with Crippen molar-refractivity contribution in [3.8, 4) is 5.75 Å². The summed E-state index contributed by atoms with van der Waals surface area (Å²) in [5.74, 6) is 0.625. The highest BCUT2D eigenvalue weighted by atomic mass is 16.5. The van der Waals surface area contributed by atoms with Crippen LogP contribution in [0.15, 0.2) is 66.9 Å². The Morgan fingerprint density at radius 2 is 1.62 bits per heavy atom. The minimum Gasteiger partial charge on any atom is -0.497 e. The van der Waals surface area contributed by atoms with Crippen molar-refractivity contribution in [1.82, 2.24) is 5.32 Å². The fourth-order valence-corrected chi connectivity index (χ4v) is 1.72. The van der Waals surface area contributed by atoms with Crippen LogP contribution < -0.4 is 10.1 Å². The molecular formula is C18H17NO2. The first-order chi connectivity index (χ1) is 10.3. The first kappa shape index (κ1) is 14.6. The average Bonchev–Trinajstić information content (AvgIpc) is 2.54. The molecule has 0 radical (unpaired) electrons. The van der Waals surface area contributed by atoms with Crippen molar-refractivity contribution in [2.45, 2.75) is 0 Å². The van der Waals surface area contributed by atoms with Crippen molar-refractivity contribution in [3.63, 3.8) is 0 Å². The number of methoxy groups -OCH3 is 1. The molecule has 0 saturated carbocycles. The van der Waals surface area contributed by atoms with Crippen LogP contribution in [0.5, 0.6) is 5.75 Å². The van der Waals surface area contributed by atoms with Crippen molar-refractivity contribution in [1.29, 1.82) is 0 Å². The second-order valence-electron chi connectivity index (χ2n) is 4.36. The largest absolute Gasteiger partial charge is 0.497 e. The van der Waals surface area contributed by atoms with E-state index >= 15 is 0 Å². The molecule has 21 heavy (non-hydrogen) atoms. The maximum Gasteiger partial charge on any atom is 0.247 e. The van der Waals surface area contributed by atoms with Crippen LogP contribution in [0.2, 0.25) is 0 Å². The second kappa shape index (κ2) is 7.70. The molecule has 0 aliphatic rings. The van der Waals surface area contributed by atoms with E-state index in [4.69, 9.17) is 4.74 Å². The van der Waals surface area contributed by atoms with Crippen molar-refractivity contribution in [2.75, 3.05) is 7.11 Å². The minimum atomic E-state index is -0.169. The van der Waals surface area contributed by atoms with Crippen molar-refractivity contribution in [2.24, 2.45) is 0 Å². The molecule has 1 N–H and O–H groups in total. The molecule has 0 spiro atoms. The summed E-state index contributed by atoms with van der Waals surface area (Å²) in [5.41, 5.74) is 1.98. The lowest BCUT2D eigenvalue weighted by molar-refractivity contribution is -0.115. The zero-order valence-electron chi connectivity index (χ0n) is 11.8. The van der Waals surface area contributed by atoms with E-state index in [0.717, 1.165) is 16.9 Å². The summed E-state index contributed by atoms with van der Waals surface area (Å²) in [6.07, 6.45) is 6.73. The number of ether oxygens (including phenoxy) is 1. The van der Waals surface area contributed by atoms with E-state index in [9.17, 15) is 4.79 Å². The van der Waals surface area contributed by atoms with Crippen LogP contribution >= 0.6 is 0 Å². The Morgan fingerprint density at radius 3 is 2.29 bits per heavy atom. The van der Waals surface area contributed by atoms with Gasteiger partial charge in [0.25, 0.3) is 0 Å². The van der Waals surface area contributed by atoms with Crippen molar-refractivity contribution in [3.05, 3.63) is 78.0 Å². The summed E-state index contributed by atoms with van der Waals surface area (Å²) in [7, 11) is 1.62. The quantitative estimate of drug-likeness (QED) is 0.851. The van der Waals surface area contributed by atoms with Gasteiger partial charge in [0, 0.05) is 12.3 Å². The van der Waals surface area contributed by atoms with Crippen LogP contribution in [-0.4, -0.2) is 13.0 Å². The van der Waals surface area contributed by atoms with Gasteiger partial charge < -0.3 is 10.1 Å². The fourth-order valence-electron chi connectivity index (χ4n) is 1.72. The Labute approximate surface area is 124 Å². The number of benzene rings is 2. The first-order valence-corrected chi connectivity index (χ1v) is 6.62. The maximum absolute atomic E-state index is 11.7. The van der Waals surface area contributed by atoms with Gasteiger partial charge >= 0.3 is 0 Å². The molecule has 0 saturated heterocycles. The number of carbonyl (C=O) groups excluding carboxylic acids is 1. The lowest BCUT2D eigenvalue weighted by atomic mass is 10.2. The molecule has 0 heterocycles. The molecule has 0 aromatic heterocycles. The molecule has 0 fully saturated rings. The smallest absolute Gasteiger partial charge is 0.247 e. The van der Waals surface area contributed by atoms with Crippen LogP contribution in [0.3, 0.4) is 0 Å². The van der Waals surface area contributed by atoms with Gasteiger partial charge in [0.1, 0.15) is 5.75 Å². The zero-order chi connectivity index (χ0) is 14.9. The molecule has 2 aromatic rings. The van der Waals surface area contributed by atoms with Gasteiger partial charge in [-0.05, 0) is 35.4 Å². The third-order valence-electron chi connectivity index (χ3n) is 2.84. The van der Waals surface area contributed by atoms with Gasteiger partial charge in [-0.3, -0.25) is 4.79 Å². The van der Waals surface area contributed by atoms with Gasteiger partial charge in [0.15, 0.2) is 0 Å². The van der Waals surface area contributed by atoms with E-state index in [1.54, 1.807) is 19.4 Å². The van der Waals surface area contributed by atoms with Crippen LogP contribution in [0, 0.1) is 0 Å². The highest BCUT2D eigenvalue weighted by molar-refractivity contribution is 5.92. The van der Waals surface area contributed by atoms with E-state index in [1.807, 2.05) is 60.7 Å². The van der Waals surface area contributed by atoms with Gasteiger partial charge in [0.05, 0.1) is 7.11 Å². The summed E-state index contributed by atoms with van der Waals surface area (Å²) < 4.78 is 5.08. The van der Waals surface area contributed by atoms with Crippen LogP contribution in [-0.2, 0) is 4.79 Å². The predicted molar refractivity (Wildman–Crippen MR) is 85.6 cm³/mol. The van der Waals surface area contributed by atoms with Crippen molar-refractivity contribution < 1.29 is 9.53 Å². The number of carbonyl (C=O) groups is 1. The Balaban J connectivity index is 1.86. The number of hydrogen-bond donors (Lipinski definition) is 1. The third kappa shape index (κ3) is 4.99. The monoisotopic (exact) mass is 279 g/mol. The van der Waals surface area contributed by atoms with Crippen LogP contribution in [0.1, 0.15) is 11.1 Å². The minimum absolute atomic E-state index is 0.169. The SMILES string of the molecule is COc1ccc(C=CC(=O)NC=Cc2ccccc2)cc1. The van der Waals surface area contributed by atoms with E-state index in [1.165, 1.54) is 6.08 Å². The van der Waals surface area contributed by atoms with E-state index in [0.29, 0.717) is 0 Å². The molecule has 0 bridgehead atoms. The van der Waals surface area contributed by atoms with Gasteiger partial charge in [-0.2, -0.15) is 0 Å². The van der Waals surface area contributed by atoms with E-state index in [2.05, 4.69) is 5.32 Å². The van der Waals surface area contributed by atoms with E-state index in [-0.39, 0.29) is 5.91 Å². The van der Waals surface area contributed by atoms with Gasteiger partial charge in [-0.15, -0.1) is 0 Å². The number of amides is 1. The normalized spacial score (nSPS) is 10.9. The molecular weight excluding hydrogens is 262 g/mol. The van der Waals surface area contributed by atoms with Crippen LogP contribution in [0.4, 0.5) is 0 Å². The predicted octanol–water partition coefficient (Wildman–Crippen LogP) is 3.50. The molecule has 2 aromatic carbocycles. The summed E-state index contributed by atoms with van der Waals surface area (Å²) in [6.45, 7) is 0. The molecule has 0 atom stereocenters. The fraction of sp³-hybridized carbons (Fsp3) is 0.0556. The van der Waals surface area contributed by atoms with Gasteiger partial charge in [-0.25, -0.2) is 0 Å². The molecule has 3 heteroatoms. The Kier molecular flexibility index (Phi) is 5.35. The molecule has 0 aliphatic carbocycles. The summed E-state index contributed by atoms with van der Waals surface area (Å²) in [5, 5.41) is 2.69. The number of nitrogens with one attached hydrogen (secondary N) is 1.